The molecule has 0 spiro atoms. The van der Waals surface area contributed by atoms with E-state index in [4.69, 9.17) is 10.5 Å². The first kappa shape index (κ1) is 15.3. The van der Waals surface area contributed by atoms with E-state index in [1.165, 1.54) is 4.31 Å². The molecule has 0 unspecified atom stereocenters. The number of anilines is 1. The Morgan fingerprint density at radius 3 is 2.60 bits per heavy atom. The monoisotopic (exact) mass is 298 g/mol. The fourth-order valence-electron chi connectivity index (χ4n) is 2.38. The van der Waals surface area contributed by atoms with Crippen LogP contribution in [0.2, 0.25) is 0 Å². The predicted octanol–water partition coefficient (Wildman–Crippen LogP) is 1.62. The number of aryl methyl sites for hydroxylation is 1. The Hall–Kier alpha value is -1.11. The first-order chi connectivity index (χ1) is 9.41. The van der Waals surface area contributed by atoms with Gasteiger partial charge >= 0.3 is 0 Å². The lowest BCUT2D eigenvalue weighted by atomic mass is 10.0. The van der Waals surface area contributed by atoms with Crippen LogP contribution in [0.4, 0.5) is 5.69 Å². The van der Waals surface area contributed by atoms with Crippen molar-refractivity contribution < 1.29 is 13.2 Å². The van der Waals surface area contributed by atoms with Crippen molar-refractivity contribution in [1.82, 2.24) is 4.31 Å². The molecule has 1 heterocycles. The Labute approximate surface area is 120 Å². The zero-order valence-corrected chi connectivity index (χ0v) is 12.8. The number of hydrogen-bond donors (Lipinski definition) is 1. The highest BCUT2D eigenvalue weighted by Crippen LogP contribution is 2.22. The molecular weight excluding hydrogens is 276 g/mol. The van der Waals surface area contributed by atoms with E-state index in [9.17, 15) is 8.42 Å². The lowest BCUT2D eigenvalue weighted by molar-refractivity contribution is 0.0620. The van der Waals surface area contributed by atoms with Crippen molar-refractivity contribution in [3.05, 3.63) is 23.8 Å². The number of nitrogen functional groups attached to an aromatic ring is 1. The standard InChI is InChI=1S/C14H22N2O3S/c1-11-9-13(3-4-14(11)15)20(17,18)16(2)10-12-5-7-19-8-6-12/h3-4,9,12H,5-8,10,15H2,1-2H3. The minimum Gasteiger partial charge on any atom is -0.399 e. The molecule has 20 heavy (non-hydrogen) atoms. The zero-order valence-electron chi connectivity index (χ0n) is 12.0. The van der Waals surface area contributed by atoms with E-state index in [0.29, 0.717) is 23.0 Å². The molecule has 1 aromatic rings. The molecule has 6 heteroatoms. The number of nitrogens with zero attached hydrogens (tertiary/aromatic N) is 1. The van der Waals surface area contributed by atoms with Gasteiger partial charge in [-0.3, -0.25) is 0 Å². The summed E-state index contributed by atoms with van der Waals surface area (Å²) in [6, 6.07) is 4.84. The van der Waals surface area contributed by atoms with Gasteiger partial charge in [-0.25, -0.2) is 12.7 Å². The van der Waals surface area contributed by atoms with Crippen LogP contribution >= 0.6 is 0 Å². The van der Waals surface area contributed by atoms with Crippen LogP contribution in [0.1, 0.15) is 18.4 Å². The number of ether oxygens (including phenoxy) is 1. The Morgan fingerprint density at radius 1 is 1.35 bits per heavy atom. The van der Waals surface area contributed by atoms with Crippen LogP contribution in [0.3, 0.4) is 0 Å². The minimum atomic E-state index is -3.44. The topological polar surface area (TPSA) is 72.6 Å². The molecule has 0 amide bonds. The molecule has 1 aliphatic rings. The summed E-state index contributed by atoms with van der Waals surface area (Å²) in [6.07, 6.45) is 1.83. The Kier molecular flexibility index (Phi) is 4.67. The molecular formula is C14H22N2O3S. The molecule has 0 aromatic heterocycles. The molecule has 0 bridgehead atoms. The van der Waals surface area contributed by atoms with Gasteiger partial charge in [0.25, 0.3) is 0 Å². The van der Waals surface area contributed by atoms with Gasteiger partial charge in [0.05, 0.1) is 4.90 Å². The van der Waals surface area contributed by atoms with Crippen molar-refractivity contribution in [3.8, 4) is 0 Å². The highest BCUT2D eigenvalue weighted by Gasteiger charge is 2.25. The summed E-state index contributed by atoms with van der Waals surface area (Å²) >= 11 is 0. The summed E-state index contributed by atoms with van der Waals surface area (Å²) in [7, 11) is -1.81. The molecule has 0 aliphatic carbocycles. The van der Waals surface area contributed by atoms with Crippen LogP contribution in [0.25, 0.3) is 0 Å². The van der Waals surface area contributed by atoms with E-state index < -0.39 is 10.0 Å². The normalized spacial score (nSPS) is 17.6. The lowest BCUT2D eigenvalue weighted by Crippen LogP contribution is -2.34. The average Bonchev–Trinajstić information content (AvgIpc) is 2.42. The van der Waals surface area contributed by atoms with Crippen molar-refractivity contribution in [2.45, 2.75) is 24.7 Å². The number of sulfonamides is 1. The molecule has 1 fully saturated rings. The third-order valence-corrected chi connectivity index (χ3v) is 5.62. The second-order valence-corrected chi connectivity index (χ2v) is 7.40. The van der Waals surface area contributed by atoms with Crippen LogP contribution in [0, 0.1) is 12.8 Å². The van der Waals surface area contributed by atoms with Crippen molar-refractivity contribution in [1.29, 1.82) is 0 Å². The van der Waals surface area contributed by atoms with E-state index >= 15 is 0 Å². The van der Waals surface area contributed by atoms with Gasteiger partial charge in [-0.05, 0) is 49.4 Å². The smallest absolute Gasteiger partial charge is 0.242 e. The zero-order chi connectivity index (χ0) is 14.8. The van der Waals surface area contributed by atoms with Crippen molar-refractivity contribution >= 4 is 15.7 Å². The predicted molar refractivity (Wildman–Crippen MR) is 79.0 cm³/mol. The number of rotatable bonds is 4. The quantitative estimate of drug-likeness (QED) is 0.857. The fourth-order valence-corrected chi connectivity index (χ4v) is 3.71. The van der Waals surface area contributed by atoms with Crippen LogP contribution in [-0.4, -0.2) is 39.5 Å². The molecule has 5 nitrogen and oxygen atoms in total. The van der Waals surface area contributed by atoms with Crippen molar-refractivity contribution in [3.63, 3.8) is 0 Å². The van der Waals surface area contributed by atoms with Gasteiger partial charge in [0.1, 0.15) is 0 Å². The summed E-state index contributed by atoms with van der Waals surface area (Å²) in [5, 5.41) is 0. The maximum Gasteiger partial charge on any atom is 0.242 e. The van der Waals surface area contributed by atoms with E-state index in [1.54, 1.807) is 25.2 Å². The van der Waals surface area contributed by atoms with E-state index in [2.05, 4.69) is 0 Å². The molecule has 0 saturated carbocycles. The van der Waals surface area contributed by atoms with Crippen molar-refractivity contribution in [2.75, 3.05) is 32.5 Å². The van der Waals surface area contributed by atoms with E-state index in [1.807, 2.05) is 6.92 Å². The number of hydrogen-bond acceptors (Lipinski definition) is 4. The molecule has 1 aromatic carbocycles. The Morgan fingerprint density at radius 2 is 2.00 bits per heavy atom. The second kappa shape index (κ2) is 6.11. The number of nitrogens with two attached hydrogens (primary N) is 1. The summed E-state index contributed by atoms with van der Waals surface area (Å²) in [4.78, 5) is 0.304. The van der Waals surface area contributed by atoms with Gasteiger partial charge < -0.3 is 10.5 Å². The Bertz CT molecular complexity index is 566. The molecule has 0 atom stereocenters. The van der Waals surface area contributed by atoms with Gasteiger partial charge in [0.15, 0.2) is 0 Å². The third kappa shape index (κ3) is 3.31. The van der Waals surface area contributed by atoms with Gasteiger partial charge in [-0.15, -0.1) is 0 Å². The largest absolute Gasteiger partial charge is 0.399 e. The highest BCUT2D eigenvalue weighted by atomic mass is 32.2. The summed E-state index contributed by atoms with van der Waals surface area (Å²) in [6.45, 7) is 3.79. The van der Waals surface area contributed by atoms with E-state index in [-0.39, 0.29) is 0 Å². The highest BCUT2D eigenvalue weighted by molar-refractivity contribution is 7.89. The Balaban J connectivity index is 2.13. The molecule has 1 aliphatic heterocycles. The summed E-state index contributed by atoms with van der Waals surface area (Å²) in [5.74, 6) is 0.374. The molecule has 1 saturated heterocycles. The minimum absolute atomic E-state index is 0.304. The fraction of sp³-hybridized carbons (Fsp3) is 0.571. The van der Waals surface area contributed by atoms with Gasteiger partial charge in [0.2, 0.25) is 10.0 Å². The number of benzene rings is 1. The lowest BCUT2D eigenvalue weighted by Gasteiger charge is -2.26. The molecule has 0 radical (unpaired) electrons. The average molecular weight is 298 g/mol. The van der Waals surface area contributed by atoms with Gasteiger partial charge in [0, 0.05) is 32.5 Å². The molecule has 112 valence electrons. The maximum absolute atomic E-state index is 12.5. The summed E-state index contributed by atoms with van der Waals surface area (Å²) < 4.78 is 31.8. The molecule has 2 N–H and O–H groups in total. The third-order valence-electron chi connectivity index (χ3n) is 3.81. The van der Waals surface area contributed by atoms with Crippen LogP contribution in [0.15, 0.2) is 23.1 Å². The van der Waals surface area contributed by atoms with Gasteiger partial charge in [-0.2, -0.15) is 0 Å². The SMILES string of the molecule is Cc1cc(S(=O)(=O)N(C)CC2CCOCC2)ccc1N. The van der Waals surface area contributed by atoms with E-state index in [0.717, 1.165) is 31.6 Å². The first-order valence-corrected chi connectivity index (χ1v) is 8.25. The van der Waals surface area contributed by atoms with Crippen LogP contribution in [0.5, 0.6) is 0 Å². The molecule has 2 rings (SSSR count). The van der Waals surface area contributed by atoms with Crippen molar-refractivity contribution in [2.24, 2.45) is 5.92 Å². The van der Waals surface area contributed by atoms with Crippen LogP contribution < -0.4 is 5.73 Å². The maximum atomic E-state index is 12.5. The van der Waals surface area contributed by atoms with Gasteiger partial charge in [-0.1, -0.05) is 0 Å². The summed E-state index contributed by atoms with van der Waals surface area (Å²) in [5.41, 5.74) is 7.13. The second-order valence-electron chi connectivity index (χ2n) is 5.36. The van der Waals surface area contributed by atoms with Crippen LogP contribution in [-0.2, 0) is 14.8 Å². The first-order valence-electron chi connectivity index (χ1n) is 6.81.